The van der Waals surface area contributed by atoms with Crippen LogP contribution in [0.2, 0.25) is 0 Å². The van der Waals surface area contributed by atoms with Crippen molar-refractivity contribution in [2.24, 2.45) is 5.41 Å². The molecule has 1 aliphatic heterocycles. The van der Waals surface area contributed by atoms with Gasteiger partial charge in [-0.15, -0.1) is 0 Å². The number of anilines is 1. The predicted octanol–water partition coefficient (Wildman–Crippen LogP) is 5.47. The topological polar surface area (TPSA) is 130 Å². The number of hydrogen-bond donors (Lipinski definition) is 1. The third-order valence-electron chi connectivity index (χ3n) is 9.07. The molecule has 264 valence electrons. The van der Waals surface area contributed by atoms with Gasteiger partial charge in [-0.05, 0) is 61.7 Å². The Morgan fingerprint density at radius 2 is 1.80 bits per heavy atom. The van der Waals surface area contributed by atoms with E-state index in [1.165, 1.54) is 26.2 Å². The van der Waals surface area contributed by atoms with Crippen LogP contribution >= 0.6 is 0 Å². The van der Waals surface area contributed by atoms with Gasteiger partial charge in [0.15, 0.2) is 0 Å². The van der Waals surface area contributed by atoms with E-state index in [1.54, 1.807) is 34.9 Å². The molecule has 14 heteroatoms. The number of halogens is 2. The monoisotopic (exact) mass is 692 g/mol. The van der Waals surface area contributed by atoms with Gasteiger partial charge in [0.25, 0.3) is 0 Å². The lowest BCUT2D eigenvalue weighted by atomic mass is 10.0. The number of nitrogens with zero attached hydrogens (tertiary/aromatic N) is 3. The molecule has 1 saturated heterocycles. The van der Waals surface area contributed by atoms with Crippen LogP contribution in [0.25, 0.3) is 16.9 Å². The van der Waals surface area contributed by atoms with Crippen molar-refractivity contribution in [2.45, 2.75) is 45.3 Å². The number of pyridine rings is 1. The Labute approximate surface area is 287 Å². The van der Waals surface area contributed by atoms with E-state index in [4.69, 9.17) is 23.7 Å². The van der Waals surface area contributed by atoms with Crippen molar-refractivity contribution in [1.82, 2.24) is 14.3 Å². The number of hydrogen-bond acceptors (Lipinski definition) is 9. The number of amides is 2. The highest BCUT2D eigenvalue weighted by Crippen LogP contribution is 2.50. The van der Waals surface area contributed by atoms with E-state index in [2.05, 4.69) is 10.3 Å². The molecule has 2 amide bonds. The standard InChI is InChI=1S/C36H38F2N4O8/c1-21-7-10-42-28(16-25-19-41(11-12-49-25)35(45)48-4)33(40-30(42)13-21)32-26(37)14-23(15-27(32)38)39-31(43)18-36(8-9-36)34(44)50-20-22-5-6-24(46-2)17-29(22)47-3/h5-7,10,13-15,17,25H,8-9,11-12,16,18-20H2,1-4H3,(H,39,43)/t25-/m0/s1. The average Bonchev–Trinajstić information content (AvgIpc) is 3.81. The van der Waals surface area contributed by atoms with Crippen LogP contribution in [0.1, 0.15) is 36.1 Å². The summed E-state index contributed by atoms with van der Waals surface area (Å²) in [4.78, 5) is 44.3. The molecule has 2 aliphatic rings. The Balaban J connectivity index is 1.17. The Morgan fingerprint density at radius 1 is 1.04 bits per heavy atom. The number of benzene rings is 2. The highest BCUT2D eigenvalue weighted by Gasteiger charge is 2.52. The van der Waals surface area contributed by atoms with Crippen LogP contribution in [-0.2, 0) is 36.8 Å². The summed E-state index contributed by atoms with van der Waals surface area (Å²) in [6.07, 6.45) is 1.68. The largest absolute Gasteiger partial charge is 0.497 e. The molecule has 0 bridgehead atoms. The molecule has 3 heterocycles. The second-order valence-electron chi connectivity index (χ2n) is 12.5. The average molecular weight is 693 g/mol. The smallest absolute Gasteiger partial charge is 0.409 e. The van der Waals surface area contributed by atoms with Crippen molar-refractivity contribution < 1.29 is 46.8 Å². The predicted molar refractivity (Wildman–Crippen MR) is 177 cm³/mol. The normalized spacial score (nSPS) is 16.5. The molecule has 0 spiro atoms. The molecule has 0 unspecified atom stereocenters. The fourth-order valence-electron chi connectivity index (χ4n) is 6.20. The third kappa shape index (κ3) is 7.20. The molecule has 1 saturated carbocycles. The van der Waals surface area contributed by atoms with E-state index >= 15 is 8.78 Å². The first kappa shape index (κ1) is 34.6. The van der Waals surface area contributed by atoms with Gasteiger partial charge in [-0.2, -0.15) is 0 Å². The number of esters is 1. The second kappa shape index (κ2) is 14.3. The lowest BCUT2D eigenvalue weighted by molar-refractivity contribution is -0.153. The quantitative estimate of drug-likeness (QED) is 0.204. The second-order valence-corrected chi connectivity index (χ2v) is 12.5. The summed E-state index contributed by atoms with van der Waals surface area (Å²) in [6, 6.07) is 10.8. The zero-order valence-electron chi connectivity index (χ0n) is 28.2. The van der Waals surface area contributed by atoms with E-state index in [1.807, 2.05) is 13.0 Å². The maximum absolute atomic E-state index is 15.8. The summed E-state index contributed by atoms with van der Waals surface area (Å²) < 4.78 is 60.3. The molecule has 2 aromatic carbocycles. The van der Waals surface area contributed by atoms with Gasteiger partial charge in [0.2, 0.25) is 5.91 Å². The molecular weight excluding hydrogens is 654 g/mol. The Kier molecular flexibility index (Phi) is 9.91. The molecule has 4 aromatic rings. The lowest BCUT2D eigenvalue weighted by Crippen LogP contribution is -2.46. The first-order valence-corrected chi connectivity index (χ1v) is 16.1. The Morgan fingerprint density at radius 3 is 2.48 bits per heavy atom. The number of aryl methyl sites for hydroxylation is 1. The van der Waals surface area contributed by atoms with E-state index in [-0.39, 0.29) is 49.5 Å². The summed E-state index contributed by atoms with van der Waals surface area (Å²) in [6.45, 7) is 2.69. The number of carbonyl (C=O) groups is 3. The van der Waals surface area contributed by atoms with E-state index in [9.17, 15) is 14.4 Å². The minimum absolute atomic E-state index is 0.0612. The molecule has 1 aliphatic carbocycles. The number of carbonyl (C=O) groups excluding carboxylic acids is 3. The van der Waals surface area contributed by atoms with Crippen molar-refractivity contribution in [3.63, 3.8) is 0 Å². The van der Waals surface area contributed by atoms with Crippen molar-refractivity contribution in [3.8, 4) is 22.8 Å². The van der Waals surface area contributed by atoms with Crippen LogP contribution in [0.15, 0.2) is 48.7 Å². The number of morpholine rings is 1. The number of nitrogens with one attached hydrogen (secondary N) is 1. The highest BCUT2D eigenvalue weighted by atomic mass is 19.1. The van der Waals surface area contributed by atoms with Gasteiger partial charge in [0.05, 0.1) is 63.0 Å². The first-order chi connectivity index (χ1) is 24.0. The number of methoxy groups -OCH3 is 3. The van der Waals surface area contributed by atoms with Gasteiger partial charge in [0, 0.05) is 42.9 Å². The fourth-order valence-corrected chi connectivity index (χ4v) is 6.20. The maximum atomic E-state index is 15.8. The van der Waals surface area contributed by atoms with Crippen LogP contribution in [0, 0.1) is 24.0 Å². The van der Waals surface area contributed by atoms with Crippen molar-refractivity contribution in [1.29, 1.82) is 0 Å². The summed E-state index contributed by atoms with van der Waals surface area (Å²) in [5.74, 6) is -1.91. The number of rotatable bonds is 11. The fraction of sp³-hybridized carbons (Fsp3) is 0.389. The highest BCUT2D eigenvalue weighted by molar-refractivity contribution is 5.96. The van der Waals surface area contributed by atoms with E-state index < -0.39 is 41.1 Å². The molecule has 2 aromatic heterocycles. The minimum atomic E-state index is -1.02. The third-order valence-corrected chi connectivity index (χ3v) is 9.07. The maximum Gasteiger partial charge on any atom is 0.409 e. The Hall–Kier alpha value is -5.24. The van der Waals surface area contributed by atoms with Crippen LogP contribution in [0.4, 0.5) is 19.3 Å². The summed E-state index contributed by atoms with van der Waals surface area (Å²) in [7, 11) is 4.33. The molecule has 6 rings (SSSR count). The molecular formula is C36H38F2N4O8. The van der Waals surface area contributed by atoms with Gasteiger partial charge >= 0.3 is 12.1 Å². The summed E-state index contributed by atoms with van der Waals surface area (Å²) in [5, 5.41) is 2.54. The van der Waals surface area contributed by atoms with Crippen molar-refractivity contribution in [2.75, 3.05) is 46.3 Å². The van der Waals surface area contributed by atoms with Crippen molar-refractivity contribution in [3.05, 3.63) is 77.1 Å². The molecule has 50 heavy (non-hydrogen) atoms. The number of fused-ring (bicyclic) bond motifs is 1. The number of aromatic nitrogens is 2. The van der Waals surface area contributed by atoms with Gasteiger partial charge in [-0.25, -0.2) is 18.6 Å². The Bertz CT molecular complexity index is 1920. The van der Waals surface area contributed by atoms with E-state index in [0.29, 0.717) is 47.8 Å². The first-order valence-electron chi connectivity index (χ1n) is 16.1. The van der Waals surface area contributed by atoms with E-state index in [0.717, 1.165) is 17.7 Å². The minimum Gasteiger partial charge on any atom is -0.497 e. The summed E-state index contributed by atoms with van der Waals surface area (Å²) >= 11 is 0. The van der Waals surface area contributed by atoms with Crippen LogP contribution < -0.4 is 14.8 Å². The van der Waals surface area contributed by atoms with Crippen molar-refractivity contribution >= 4 is 29.3 Å². The van der Waals surface area contributed by atoms with Crippen LogP contribution in [-0.4, -0.2) is 79.4 Å². The number of ether oxygens (including phenoxy) is 5. The molecule has 1 atom stereocenters. The lowest BCUT2D eigenvalue weighted by Gasteiger charge is -2.32. The molecule has 1 N–H and O–H groups in total. The van der Waals surface area contributed by atoms with Crippen LogP contribution in [0.5, 0.6) is 11.5 Å². The number of imidazole rings is 1. The van der Waals surface area contributed by atoms with Gasteiger partial charge in [0.1, 0.15) is 35.4 Å². The SMILES string of the molecule is COC(=O)N1CCO[C@@H](Cc2c(-c3c(F)cc(NC(=O)CC4(C(=O)OCc5ccc(OC)cc5OC)CC4)cc3F)nc3cc(C)ccn23)C1. The summed E-state index contributed by atoms with van der Waals surface area (Å²) in [5.41, 5.74) is 1.11. The van der Waals surface area contributed by atoms with Crippen LogP contribution in [0.3, 0.4) is 0 Å². The molecule has 2 fully saturated rings. The van der Waals surface area contributed by atoms with Gasteiger partial charge in [-0.1, -0.05) is 0 Å². The molecule has 0 radical (unpaired) electrons. The van der Waals surface area contributed by atoms with Gasteiger partial charge < -0.3 is 38.3 Å². The molecule has 12 nitrogen and oxygen atoms in total. The zero-order valence-corrected chi connectivity index (χ0v) is 28.2. The zero-order chi connectivity index (χ0) is 35.6. The van der Waals surface area contributed by atoms with Gasteiger partial charge in [-0.3, -0.25) is 9.59 Å².